The molecule has 2 aromatic rings. The first-order valence-corrected chi connectivity index (χ1v) is 8.48. The number of carbonyl (C=O) groups is 1. The Balaban J connectivity index is 1.89. The summed E-state index contributed by atoms with van der Waals surface area (Å²) in [6.45, 7) is 2.25. The van der Waals surface area contributed by atoms with E-state index >= 15 is 0 Å². The van der Waals surface area contributed by atoms with Crippen molar-refractivity contribution in [1.82, 2.24) is 5.32 Å². The van der Waals surface area contributed by atoms with Crippen LogP contribution in [-0.2, 0) is 11.0 Å². The van der Waals surface area contributed by atoms with Gasteiger partial charge in [0.1, 0.15) is 11.4 Å². The maximum atomic E-state index is 12.8. The van der Waals surface area contributed by atoms with Crippen molar-refractivity contribution in [3.63, 3.8) is 0 Å². The molecule has 2 aromatic carbocycles. The minimum absolute atomic E-state index is 0.172. The van der Waals surface area contributed by atoms with Gasteiger partial charge in [-0.3, -0.25) is 4.79 Å². The molecule has 0 radical (unpaired) electrons. The molecule has 0 aliphatic carbocycles. The molecule has 27 heavy (non-hydrogen) atoms. The first kappa shape index (κ1) is 18.9. The lowest BCUT2D eigenvalue weighted by atomic mass is 10.1. The van der Waals surface area contributed by atoms with Crippen LogP contribution in [0.25, 0.3) is 6.08 Å². The highest BCUT2D eigenvalue weighted by atomic mass is 32.1. The monoisotopic (exact) mass is 392 g/mol. The topological polar surface area (TPSA) is 41.6 Å². The fraction of sp³-hybridized carbons (Fsp3) is 0.158. The number of halogens is 3. The smallest absolute Gasteiger partial charge is 0.416 e. The van der Waals surface area contributed by atoms with Crippen LogP contribution in [0.3, 0.4) is 0 Å². The molecule has 0 aromatic heterocycles. The molecule has 0 spiro atoms. The predicted octanol–water partition coefficient (Wildman–Crippen LogP) is 4.37. The lowest BCUT2D eigenvalue weighted by Crippen LogP contribution is -2.30. The van der Waals surface area contributed by atoms with Gasteiger partial charge in [0.2, 0.25) is 0 Å². The van der Waals surface area contributed by atoms with E-state index in [2.05, 4.69) is 5.32 Å². The minimum atomic E-state index is -4.41. The van der Waals surface area contributed by atoms with E-state index < -0.39 is 17.6 Å². The number of hydrogen-bond acceptors (Lipinski definition) is 3. The van der Waals surface area contributed by atoms with Gasteiger partial charge in [0.05, 0.1) is 17.9 Å². The zero-order chi connectivity index (χ0) is 19.6. The van der Waals surface area contributed by atoms with E-state index in [4.69, 9.17) is 17.0 Å². The molecule has 0 saturated carbocycles. The summed E-state index contributed by atoms with van der Waals surface area (Å²) in [5.74, 6) is 0.0975. The highest BCUT2D eigenvalue weighted by molar-refractivity contribution is 7.80. The zero-order valence-corrected chi connectivity index (χ0v) is 15.0. The quantitative estimate of drug-likeness (QED) is 0.620. The molecule has 1 heterocycles. The fourth-order valence-electron chi connectivity index (χ4n) is 2.61. The molecule has 140 valence electrons. The molecule has 8 heteroatoms. The standard InChI is InChI=1S/C19H15F3N2O2S/c1-2-26-16-6-4-3-5-15(16)24-17(25)14(23-18(24)27)11-12-7-9-13(10-8-12)19(20,21)22/h3-11H,2H2,1H3,(H,23,27)/b14-11+. The van der Waals surface area contributed by atoms with Gasteiger partial charge in [-0.05, 0) is 55.0 Å². The third-order valence-corrected chi connectivity index (χ3v) is 4.12. The summed E-state index contributed by atoms with van der Waals surface area (Å²) in [5.41, 5.74) is 0.364. The number of hydrogen-bond donors (Lipinski definition) is 1. The van der Waals surface area contributed by atoms with Crippen molar-refractivity contribution >= 4 is 35.0 Å². The summed E-state index contributed by atoms with van der Waals surface area (Å²) < 4.78 is 43.5. The van der Waals surface area contributed by atoms with Crippen molar-refractivity contribution in [1.29, 1.82) is 0 Å². The van der Waals surface area contributed by atoms with Crippen molar-refractivity contribution in [3.8, 4) is 5.75 Å². The first-order valence-electron chi connectivity index (χ1n) is 8.07. The van der Waals surface area contributed by atoms with Crippen LogP contribution in [0.5, 0.6) is 5.75 Å². The Hall–Kier alpha value is -2.87. The van der Waals surface area contributed by atoms with Gasteiger partial charge >= 0.3 is 6.18 Å². The third-order valence-electron chi connectivity index (χ3n) is 3.83. The summed E-state index contributed by atoms with van der Waals surface area (Å²) in [4.78, 5) is 14.1. The normalized spacial score (nSPS) is 16.0. The van der Waals surface area contributed by atoms with Crippen LogP contribution in [-0.4, -0.2) is 17.6 Å². The molecule has 1 amide bonds. The molecular weight excluding hydrogens is 377 g/mol. The summed E-state index contributed by atoms with van der Waals surface area (Å²) >= 11 is 5.26. The number of benzene rings is 2. The van der Waals surface area contributed by atoms with Crippen molar-refractivity contribution in [3.05, 3.63) is 65.4 Å². The number of nitrogens with zero attached hydrogens (tertiary/aromatic N) is 1. The van der Waals surface area contributed by atoms with Gasteiger partial charge < -0.3 is 10.1 Å². The van der Waals surface area contributed by atoms with Crippen molar-refractivity contribution in [2.75, 3.05) is 11.5 Å². The molecular formula is C19H15F3N2O2S. The Morgan fingerprint density at radius 3 is 2.44 bits per heavy atom. The van der Waals surface area contributed by atoms with Gasteiger partial charge in [0.15, 0.2) is 5.11 Å². The molecule has 0 unspecified atom stereocenters. The van der Waals surface area contributed by atoms with Crippen LogP contribution in [0.15, 0.2) is 54.2 Å². The number of alkyl halides is 3. The average molecular weight is 392 g/mol. The van der Waals surface area contributed by atoms with Crippen LogP contribution in [0.1, 0.15) is 18.1 Å². The lowest BCUT2D eigenvalue weighted by Gasteiger charge is -2.17. The van der Waals surface area contributed by atoms with Gasteiger partial charge in [-0.2, -0.15) is 13.2 Å². The Kier molecular flexibility index (Phi) is 5.18. The van der Waals surface area contributed by atoms with E-state index in [1.54, 1.807) is 24.3 Å². The second-order valence-corrected chi connectivity index (χ2v) is 6.04. The number of anilines is 1. The molecule has 1 fully saturated rings. The summed E-state index contributed by atoms with van der Waals surface area (Å²) in [5, 5.41) is 2.98. The third kappa shape index (κ3) is 3.95. The Labute approximate surface area is 159 Å². The van der Waals surface area contributed by atoms with E-state index in [-0.39, 0.29) is 10.8 Å². The van der Waals surface area contributed by atoms with Crippen LogP contribution in [0.2, 0.25) is 0 Å². The molecule has 1 N–H and O–H groups in total. The molecule has 1 aliphatic rings. The second-order valence-electron chi connectivity index (χ2n) is 5.65. The maximum Gasteiger partial charge on any atom is 0.416 e. The minimum Gasteiger partial charge on any atom is -0.492 e. The molecule has 3 rings (SSSR count). The Morgan fingerprint density at radius 1 is 1.15 bits per heavy atom. The van der Waals surface area contributed by atoms with Gasteiger partial charge in [0, 0.05) is 0 Å². The van der Waals surface area contributed by atoms with E-state index in [1.165, 1.54) is 23.1 Å². The SMILES string of the molecule is CCOc1ccccc1N1C(=O)/C(=C\c2ccc(C(F)(F)F)cc2)NC1=S. The summed E-state index contributed by atoms with van der Waals surface area (Å²) in [7, 11) is 0. The predicted molar refractivity (Wildman–Crippen MR) is 100 cm³/mol. The van der Waals surface area contributed by atoms with Crippen LogP contribution in [0.4, 0.5) is 18.9 Å². The molecule has 1 aliphatic heterocycles. The average Bonchev–Trinajstić information content (AvgIpc) is 2.89. The van der Waals surface area contributed by atoms with E-state index in [1.807, 2.05) is 6.92 Å². The van der Waals surface area contributed by atoms with Gasteiger partial charge in [-0.25, -0.2) is 4.90 Å². The second kappa shape index (κ2) is 7.40. The highest BCUT2D eigenvalue weighted by Gasteiger charge is 2.34. The fourth-order valence-corrected chi connectivity index (χ4v) is 2.90. The number of rotatable bonds is 4. The van der Waals surface area contributed by atoms with Crippen molar-refractivity contribution < 1.29 is 22.7 Å². The van der Waals surface area contributed by atoms with Crippen LogP contribution in [0, 0.1) is 0 Å². The molecule has 0 bridgehead atoms. The number of amides is 1. The summed E-state index contributed by atoms with van der Waals surface area (Å²) in [6.07, 6.45) is -2.95. The van der Waals surface area contributed by atoms with Gasteiger partial charge in [-0.1, -0.05) is 24.3 Å². The van der Waals surface area contributed by atoms with E-state index in [0.29, 0.717) is 23.6 Å². The van der Waals surface area contributed by atoms with E-state index in [9.17, 15) is 18.0 Å². The van der Waals surface area contributed by atoms with Crippen LogP contribution >= 0.6 is 12.2 Å². The molecule has 4 nitrogen and oxygen atoms in total. The summed E-state index contributed by atoms with van der Waals surface area (Å²) in [6, 6.07) is 11.5. The Bertz CT molecular complexity index is 908. The highest BCUT2D eigenvalue weighted by Crippen LogP contribution is 2.32. The first-order chi connectivity index (χ1) is 12.8. The number of thiocarbonyl (C=S) groups is 1. The number of ether oxygens (including phenoxy) is 1. The largest absolute Gasteiger partial charge is 0.492 e. The maximum absolute atomic E-state index is 12.8. The molecule has 1 saturated heterocycles. The van der Waals surface area contributed by atoms with Gasteiger partial charge in [0.25, 0.3) is 5.91 Å². The van der Waals surface area contributed by atoms with E-state index in [0.717, 1.165) is 12.1 Å². The van der Waals surface area contributed by atoms with Crippen molar-refractivity contribution in [2.45, 2.75) is 13.1 Å². The molecule has 0 atom stereocenters. The lowest BCUT2D eigenvalue weighted by molar-refractivity contribution is -0.137. The Morgan fingerprint density at radius 2 is 1.81 bits per heavy atom. The zero-order valence-electron chi connectivity index (χ0n) is 14.2. The van der Waals surface area contributed by atoms with Crippen molar-refractivity contribution in [2.24, 2.45) is 0 Å². The van der Waals surface area contributed by atoms with Crippen LogP contribution < -0.4 is 15.0 Å². The number of carbonyl (C=O) groups excluding carboxylic acids is 1. The number of nitrogens with one attached hydrogen (secondary N) is 1. The van der Waals surface area contributed by atoms with Gasteiger partial charge in [-0.15, -0.1) is 0 Å². The number of para-hydroxylation sites is 2.